The molecular weight excluding hydrogens is 204 g/mol. The summed E-state index contributed by atoms with van der Waals surface area (Å²) in [6, 6.07) is 4.98. The number of non-ortho nitro benzene ring substituents is 1. The van der Waals surface area contributed by atoms with E-state index in [1.165, 1.54) is 6.07 Å². The molecule has 16 heavy (non-hydrogen) atoms. The first-order valence-electron chi connectivity index (χ1n) is 5.53. The third-order valence-corrected chi connectivity index (χ3v) is 2.66. The van der Waals surface area contributed by atoms with Gasteiger partial charge in [0.1, 0.15) is 0 Å². The zero-order chi connectivity index (χ0) is 12.3. The van der Waals surface area contributed by atoms with Crippen molar-refractivity contribution in [2.45, 2.75) is 33.1 Å². The van der Waals surface area contributed by atoms with E-state index >= 15 is 0 Å². The fourth-order valence-corrected chi connectivity index (χ4v) is 1.77. The van der Waals surface area contributed by atoms with E-state index in [1.807, 2.05) is 13.8 Å². The highest BCUT2D eigenvalue weighted by Crippen LogP contribution is 2.37. The summed E-state index contributed by atoms with van der Waals surface area (Å²) >= 11 is 0. The topological polar surface area (TPSA) is 55.2 Å². The Kier molecular flexibility index (Phi) is 3.52. The molecule has 4 heteroatoms. The maximum atomic E-state index is 10.6. The second-order valence-electron chi connectivity index (χ2n) is 4.22. The minimum atomic E-state index is -0.352. The fourth-order valence-electron chi connectivity index (χ4n) is 1.77. The summed E-state index contributed by atoms with van der Waals surface area (Å²) in [5.41, 5.74) is 2.20. The van der Waals surface area contributed by atoms with Gasteiger partial charge in [-0.2, -0.15) is 0 Å². The van der Waals surface area contributed by atoms with Crippen LogP contribution in [0.1, 0.15) is 33.3 Å². The average Bonchev–Trinajstić information content (AvgIpc) is 2.57. The molecule has 1 aliphatic heterocycles. The molecule has 0 aromatic heterocycles. The minimum absolute atomic E-state index is 0.0125. The molecule has 1 aliphatic rings. The van der Waals surface area contributed by atoms with Crippen LogP contribution in [0.4, 0.5) is 11.4 Å². The number of hydrogen-bond donors (Lipinski definition) is 1. The Labute approximate surface area is 95.8 Å². The number of nitro benzene ring substituents is 1. The van der Waals surface area contributed by atoms with E-state index in [0.717, 1.165) is 17.8 Å². The highest BCUT2D eigenvalue weighted by molar-refractivity contribution is 5.63. The molecule has 0 amide bonds. The van der Waals surface area contributed by atoms with E-state index < -0.39 is 0 Å². The lowest BCUT2D eigenvalue weighted by molar-refractivity contribution is -0.384. The maximum Gasteiger partial charge on any atom is 0.269 e. The molecule has 1 N–H and O–H groups in total. The molecule has 0 spiro atoms. The van der Waals surface area contributed by atoms with Crippen molar-refractivity contribution in [2.75, 3.05) is 11.9 Å². The first kappa shape index (κ1) is 12.5. The summed E-state index contributed by atoms with van der Waals surface area (Å²) in [4.78, 5) is 10.2. The zero-order valence-electron chi connectivity index (χ0n) is 10.2. The van der Waals surface area contributed by atoms with Gasteiger partial charge in [-0.15, -0.1) is 0 Å². The maximum absolute atomic E-state index is 10.6. The van der Waals surface area contributed by atoms with Crippen molar-refractivity contribution in [3.63, 3.8) is 0 Å². The van der Waals surface area contributed by atoms with Gasteiger partial charge in [-0.1, -0.05) is 27.7 Å². The van der Waals surface area contributed by atoms with Crippen molar-refractivity contribution < 1.29 is 4.92 Å². The molecule has 0 unspecified atom stereocenters. The van der Waals surface area contributed by atoms with E-state index in [-0.39, 0.29) is 16.0 Å². The molecule has 0 fully saturated rings. The number of rotatable bonds is 1. The molecular formula is C12H18N2O2. The van der Waals surface area contributed by atoms with Gasteiger partial charge in [0, 0.05) is 29.8 Å². The normalized spacial score (nSPS) is 15.5. The van der Waals surface area contributed by atoms with Crippen LogP contribution in [0, 0.1) is 10.1 Å². The first-order chi connectivity index (χ1) is 7.50. The monoisotopic (exact) mass is 222 g/mol. The molecule has 4 nitrogen and oxygen atoms in total. The van der Waals surface area contributed by atoms with Crippen molar-refractivity contribution in [1.82, 2.24) is 0 Å². The van der Waals surface area contributed by atoms with E-state index in [0.29, 0.717) is 0 Å². The Morgan fingerprint density at radius 2 is 2.00 bits per heavy atom. The van der Waals surface area contributed by atoms with Crippen molar-refractivity contribution in [3.05, 3.63) is 33.9 Å². The number of hydrogen-bond acceptors (Lipinski definition) is 3. The number of nitrogens with zero attached hydrogens (tertiary/aromatic N) is 1. The summed E-state index contributed by atoms with van der Waals surface area (Å²) in [5, 5.41) is 13.8. The molecule has 1 aromatic carbocycles. The molecule has 0 saturated heterocycles. The Morgan fingerprint density at radius 3 is 2.56 bits per heavy atom. The smallest absolute Gasteiger partial charge is 0.269 e. The summed E-state index contributed by atoms with van der Waals surface area (Å²) in [5.74, 6) is 0. The van der Waals surface area contributed by atoms with Crippen molar-refractivity contribution in [3.8, 4) is 0 Å². The van der Waals surface area contributed by atoms with Crippen LogP contribution in [-0.4, -0.2) is 11.5 Å². The Bertz CT molecular complexity index is 400. The fraction of sp³-hybridized carbons (Fsp3) is 0.500. The van der Waals surface area contributed by atoms with Crippen molar-refractivity contribution in [1.29, 1.82) is 0 Å². The lowest BCUT2D eigenvalue weighted by atomic mass is 9.87. The van der Waals surface area contributed by atoms with E-state index in [2.05, 4.69) is 19.2 Å². The number of anilines is 1. The van der Waals surface area contributed by atoms with Gasteiger partial charge in [0.2, 0.25) is 0 Å². The van der Waals surface area contributed by atoms with Gasteiger partial charge in [-0.25, -0.2) is 0 Å². The van der Waals surface area contributed by atoms with E-state index in [1.54, 1.807) is 12.1 Å². The van der Waals surface area contributed by atoms with Crippen LogP contribution >= 0.6 is 0 Å². The Balaban J connectivity index is 0.000000606. The minimum Gasteiger partial charge on any atom is -0.384 e. The molecule has 0 radical (unpaired) electrons. The van der Waals surface area contributed by atoms with Crippen LogP contribution in [-0.2, 0) is 5.41 Å². The summed E-state index contributed by atoms with van der Waals surface area (Å²) in [7, 11) is 0. The molecule has 1 aromatic rings. The molecule has 0 bridgehead atoms. The van der Waals surface area contributed by atoms with E-state index in [9.17, 15) is 10.1 Å². The lowest BCUT2D eigenvalue weighted by Crippen LogP contribution is -2.18. The SMILES string of the molecule is CC.CC1(C)CNc2ccc([N+](=O)[O-])cc21. The zero-order valence-corrected chi connectivity index (χ0v) is 10.2. The second kappa shape index (κ2) is 4.51. The number of nitro groups is 1. The summed E-state index contributed by atoms with van der Waals surface area (Å²) in [6.45, 7) is 8.99. The van der Waals surface area contributed by atoms with E-state index in [4.69, 9.17) is 0 Å². The highest BCUT2D eigenvalue weighted by atomic mass is 16.6. The third kappa shape index (κ3) is 2.15. The van der Waals surface area contributed by atoms with Gasteiger partial charge >= 0.3 is 0 Å². The largest absolute Gasteiger partial charge is 0.384 e. The molecule has 0 atom stereocenters. The molecule has 0 aliphatic carbocycles. The van der Waals surface area contributed by atoms with Crippen LogP contribution in [0.5, 0.6) is 0 Å². The number of nitrogens with one attached hydrogen (secondary N) is 1. The van der Waals surface area contributed by atoms with Gasteiger partial charge in [-0.05, 0) is 11.6 Å². The van der Waals surface area contributed by atoms with Crippen LogP contribution < -0.4 is 5.32 Å². The Morgan fingerprint density at radius 1 is 1.38 bits per heavy atom. The van der Waals surface area contributed by atoms with Gasteiger partial charge < -0.3 is 5.32 Å². The molecule has 0 saturated carbocycles. The van der Waals surface area contributed by atoms with Crippen LogP contribution in [0.2, 0.25) is 0 Å². The van der Waals surface area contributed by atoms with Gasteiger partial charge in [-0.3, -0.25) is 10.1 Å². The molecule has 88 valence electrons. The standard InChI is InChI=1S/C10H12N2O2.C2H6/c1-10(2)6-11-9-4-3-7(12(13)14)5-8(9)10;1-2/h3-5,11H,6H2,1-2H3;1-2H3. The first-order valence-corrected chi connectivity index (χ1v) is 5.53. The van der Waals surface area contributed by atoms with Crippen LogP contribution in [0.15, 0.2) is 18.2 Å². The van der Waals surface area contributed by atoms with Crippen molar-refractivity contribution in [2.24, 2.45) is 0 Å². The van der Waals surface area contributed by atoms with Gasteiger partial charge in [0.25, 0.3) is 5.69 Å². The van der Waals surface area contributed by atoms with Gasteiger partial charge in [0.15, 0.2) is 0 Å². The average molecular weight is 222 g/mol. The second-order valence-corrected chi connectivity index (χ2v) is 4.22. The Hall–Kier alpha value is -1.58. The lowest BCUT2D eigenvalue weighted by Gasteiger charge is -2.16. The molecule has 1 heterocycles. The highest BCUT2D eigenvalue weighted by Gasteiger charge is 2.30. The predicted molar refractivity (Wildman–Crippen MR) is 66.0 cm³/mol. The van der Waals surface area contributed by atoms with Crippen molar-refractivity contribution >= 4 is 11.4 Å². The van der Waals surface area contributed by atoms with Crippen LogP contribution in [0.3, 0.4) is 0 Å². The number of benzene rings is 1. The summed E-state index contributed by atoms with van der Waals surface area (Å²) in [6.07, 6.45) is 0. The quantitative estimate of drug-likeness (QED) is 0.585. The molecule has 2 rings (SSSR count). The number of fused-ring (bicyclic) bond motifs is 1. The predicted octanol–water partition coefficient (Wildman–Crippen LogP) is 3.32. The van der Waals surface area contributed by atoms with Crippen LogP contribution in [0.25, 0.3) is 0 Å². The summed E-state index contributed by atoms with van der Waals surface area (Å²) < 4.78 is 0. The van der Waals surface area contributed by atoms with Gasteiger partial charge in [0.05, 0.1) is 4.92 Å². The third-order valence-electron chi connectivity index (χ3n) is 2.66.